The van der Waals surface area contributed by atoms with Crippen LogP contribution in [0.3, 0.4) is 0 Å². The van der Waals surface area contributed by atoms with Gasteiger partial charge in [-0.1, -0.05) is 18.7 Å². The summed E-state index contributed by atoms with van der Waals surface area (Å²) in [4.78, 5) is 20.8. The molecule has 0 bridgehead atoms. The largest absolute Gasteiger partial charge is 0.382 e. The number of imidazole rings is 1. The third-order valence-corrected chi connectivity index (χ3v) is 3.89. The minimum Gasteiger partial charge on any atom is -0.382 e. The van der Waals surface area contributed by atoms with E-state index in [0.717, 1.165) is 5.56 Å². The fourth-order valence-electron chi connectivity index (χ4n) is 2.63. The van der Waals surface area contributed by atoms with Crippen molar-refractivity contribution in [3.63, 3.8) is 0 Å². The van der Waals surface area contributed by atoms with Crippen LogP contribution in [-0.4, -0.2) is 26.1 Å². The summed E-state index contributed by atoms with van der Waals surface area (Å²) in [6, 6.07) is 6.57. The van der Waals surface area contributed by atoms with Crippen LogP contribution in [0.4, 0.5) is 5.82 Å². The fraction of sp³-hybridized carbons (Fsp3) is 0.111. The zero-order valence-electron chi connectivity index (χ0n) is 14.2. The van der Waals surface area contributed by atoms with Crippen molar-refractivity contribution in [2.45, 2.75) is 13.0 Å². The maximum Gasteiger partial charge on any atom is 0.256 e. The molecule has 8 nitrogen and oxygen atoms in total. The highest BCUT2D eigenvalue weighted by Gasteiger charge is 2.18. The Morgan fingerprint density at radius 3 is 2.69 bits per heavy atom. The molecule has 0 aliphatic carbocycles. The lowest BCUT2D eigenvalue weighted by Gasteiger charge is -2.05. The van der Waals surface area contributed by atoms with E-state index in [1.807, 2.05) is 11.3 Å². The standard InChI is InChI=1S/C18H19N7O/c1-3-13(20)23-18(26)12-6-4-11(5-7-12)14-15-16(21)22-8-9-25(15)17(24-14)10(2)19/h3-10H,1,19H2,2H3,(H2,21,22)(H2,20,23,26). The molecular weight excluding hydrogens is 330 g/mol. The molecule has 0 aliphatic heterocycles. The summed E-state index contributed by atoms with van der Waals surface area (Å²) >= 11 is 0. The van der Waals surface area contributed by atoms with Gasteiger partial charge in [0.2, 0.25) is 0 Å². The van der Waals surface area contributed by atoms with E-state index in [1.165, 1.54) is 6.08 Å². The summed E-state index contributed by atoms with van der Waals surface area (Å²) < 4.78 is 1.83. The van der Waals surface area contributed by atoms with Gasteiger partial charge in [-0.15, -0.1) is 0 Å². The number of amidine groups is 1. The summed E-state index contributed by atoms with van der Waals surface area (Å²) in [7, 11) is 0. The van der Waals surface area contributed by atoms with Crippen molar-refractivity contribution >= 4 is 23.1 Å². The van der Waals surface area contributed by atoms with Gasteiger partial charge in [0.25, 0.3) is 5.91 Å². The predicted octanol–water partition coefficient (Wildman–Crippen LogP) is 1.89. The maximum atomic E-state index is 12.1. The van der Waals surface area contributed by atoms with Crippen molar-refractivity contribution in [3.8, 4) is 11.3 Å². The van der Waals surface area contributed by atoms with Crippen LogP contribution >= 0.6 is 0 Å². The molecule has 2 aromatic heterocycles. The molecule has 1 unspecified atom stereocenters. The molecule has 1 atom stereocenters. The Bertz CT molecular complexity index is 1000. The van der Waals surface area contributed by atoms with Crippen LogP contribution in [0.15, 0.2) is 49.3 Å². The normalized spacial score (nSPS) is 11.9. The number of aromatic nitrogens is 3. The van der Waals surface area contributed by atoms with Gasteiger partial charge in [-0.25, -0.2) is 9.97 Å². The van der Waals surface area contributed by atoms with Crippen LogP contribution < -0.4 is 16.8 Å². The number of anilines is 1. The molecule has 2 heterocycles. The third-order valence-electron chi connectivity index (χ3n) is 3.89. The summed E-state index contributed by atoms with van der Waals surface area (Å²) in [6.45, 7) is 5.28. The number of nitrogens with zero attached hydrogens (tertiary/aromatic N) is 3. The average molecular weight is 349 g/mol. The first-order valence-corrected chi connectivity index (χ1v) is 7.93. The molecule has 0 radical (unpaired) electrons. The van der Waals surface area contributed by atoms with Crippen LogP contribution in [-0.2, 0) is 0 Å². The van der Waals surface area contributed by atoms with Crippen molar-refractivity contribution in [3.05, 3.63) is 60.7 Å². The van der Waals surface area contributed by atoms with E-state index in [2.05, 4.69) is 21.9 Å². The summed E-state index contributed by atoms with van der Waals surface area (Å²) in [5, 5.41) is 9.88. The van der Waals surface area contributed by atoms with Gasteiger partial charge in [-0.05, 0) is 25.1 Å². The molecule has 1 aromatic carbocycles. The van der Waals surface area contributed by atoms with Gasteiger partial charge in [-0.2, -0.15) is 0 Å². The number of fused-ring (bicyclic) bond motifs is 1. The van der Waals surface area contributed by atoms with E-state index < -0.39 is 0 Å². The Morgan fingerprint density at radius 2 is 2.08 bits per heavy atom. The second-order valence-corrected chi connectivity index (χ2v) is 5.79. The number of amides is 1. The second kappa shape index (κ2) is 6.77. The van der Waals surface area contributed by atoms with Crippen LogP contribution in [0, 0.1) is 5.41 Å². The molecule has 8 heteroatoms. The molecule has 1 amide bonds. The Hall–Kier alpha value is -3.52. The maximum absolute atomic E-state index is 12.1. The van der Waals surface area contributed by atoms with Crippen molar-refractivity contribution in [2.75, 3.05) is 5.73 Å². The summed E-state index contributed by atoms with van der Waals surface area (Å²) in [5.41, 5.74) is 14.6. The minimum absolute atomic E-state index is 0.0559. The zero-order chi connectivity index (χ0) is 18.8. The number of hydrogen-bond donors (Lipinski definition) is 4. The highest BCUT2D eigenvalue weighted by Crippen LogP contribution is 2.29. The molecular formula is C18H19N7O. The molecule has 0 aliphatic rings. The van der Waals surface area contributed by atoms with Gasteiger partial charge in [0.15, 0.2) is 0 Å². The van der Waals surface area contributed by atoms with Crippen LogP contribution in [0.25, 0.3) is 16.8 Å². The zero-order valence-corrected chi connectivity index (χ0v) is 14.2. The Kier molecular flexibility index (Phi) is 4.51. The number of rotatable bonds is 4. The highest BCUT2D eigenvalue weighted by molar-refractivity contribution is 6.09. The number of carbonyl (C=O) groups is 1. The summed E-state index contributed by atoms with van der Waals surface area (Å²) in [6.07, 6.45) is 4.63. The molecule has 0 saturated heterocycles. The van der Waals surface area contributed by atoms with Gasteiger partial charge in [-0.3, -0.25) is 14.6 Å². The van der Waals surface area contributed by atoms with Crippen LogP contribution in [0.1, 0.15) is 29.1 Å². The quantitative estimate of drug-likeness (QED) is 0.421. The van der Waals surface area contributed by atoms with Gasteiger partial charge in [0.1, 0.15) is 28.7 Å². The number of carbonyl (C=O) groups excluding carboxylic acids is 1. The topological polar surface area (TPSA) is 135 Å². The monoisotopic (exact) mass is 349 g/mol. The van der Waals surface area contributed by atoms with Gasteiger partial charge in [0.05, 0.1) is 6.04 Å². The first-order chi connectivity index (χ1) is 12.4. The first-order valence-electron chi connectivity index (χ1n) is 7.93. The molecule has 0 spiro atoms. The predicted molar refractivity (Wildman–Crippen MR) is 101 cm³/mol. The number of nitrogens with one attached hydrogen (secondary N) is 2. The van der Waals surface area contributed by atoms with Crippen molar-refractivity contribution in [1.29, 1.82) is 5.41 Å². The minimum atomic E-state index is -0.381. The van der Waals surface area contributed by atoms with Crippen LogP contribution in [0.2, 0.25) is 0 Å². The Balaban J connectivity index is 2.03. The van der Waals surface area contributed by atoms with E-state index in [9.17, 15) is 4.79 Å². The average Bonchev–Trinajstić information content (AvgIpc) is 3.03. The lowest BCUT2D eigenvalue weighted by molar-refractivity contribution is 0.0977. The molecule has 132 valence electrons. The number of benzene rings is 1. The molecule has 3 aromatic rings. The SMILES string of the molecule is C=CC(=N)NC(=O)c1ccc(-c2nc(C(C)N)n3ccnc(N)c23)cc1. The lowest BCUT2D eigenvalue weighted by atomic mass is 10.1. The summed E-state index contributed by atoms with van der Waals surface area (Å²) in [5.74, 6) is 0.585. The molecule has 3 rings (SSSR count). The van der Waals surface area contributed by atoms with Crippen molar-refractivity contribution in [2.24, 2.45) is 5.73 Å². The van der Waals surface area contributed by atoms with E-state index in [1.54, 1.807) is 36.7 Å². The van der Waals surface area contributed by atoms with Crippen molar-refractivity contribution < 1.29 is 4.79 Å². The fourth-order valence-corrected chi connectivity index (χ4v) is 2.63. The van der Waals surface area contributed by atoms with Gasteiger partial charge >= 0.3 is 0 Å². The number of nitrogen functional groups attached to an aromatic ring is 1. The molecule has 26 heavy (non-hydrogen) atoms. The van der Waals surface area contributed by atoms with E-state index in [4.69, 9.17) is 16.9 Å². The van der Waals surface area contributed by atoms with Crippen molar-refractivity contribution in [1.82, 2.24) is 19.7 Å². The third kappa shape index (κ3) is 3.05. The molecule has 6 N–H and O–H groups in total. The molecule has 0 fully saturated rings. The number of hydrogen-bond acceptors (Lipinski definition) is 6. The van der Waals surface area contributed by atoms with E-state index >= 15 is 0 Å². The lowest BCUT2D eigenvalue weighted by Crippen LogP contribution is -2.28. The number of nitrogens with two attached hydrogens (primary N) is 2. The Labute approximate surface area is 150 Å². The van der Waals surface area contributed by atoms with Gasteiger partial charge < -0.3 is 16.8 Å². The highest BCUT2D eigenvalue weighted by atomic mass is 16.1. The smallest absolute Gasteiger partial charge is 0.256 e. The van der Waals surface area contributed by atoms with E-state index in [0.29, 0.717) is 28.4 Å². The van der Waals surface area contributed by atoms with Crippen LogP contribution in [0.5, 0.6) is 0 Å². The Morgan fingerprint density at radius 1 is 1.38 bits per heavy atom. The van der Waals surface area contributed by atoms with Gasteiger partial charge in [0, 0.05) is 23.5 Å². The van der Waals surface area contributed by atoms with E-state index in [-0.39, 0.29) is 17.8 Å². The molecule has 0 saturated carbocycles. The second-order valence-electron chi connectivity index (χ2n) is 5.79. The first kappa shape index (κ1) is 17.3.